The minimum absolute atomic E-state index is 0.0737. The third kappa shape index (κ3) is 5.78. The molecule has 0 aromatic heterocycles. The number of ether oxygens (including phenoxy) is 3. The number of benzene rings is 2. The normalized spacial score (nSPS) is 16.1. The summed E-state index contributed by atoms with van der Waals surface area (Å²) in [7, 11) is -0.459. The highest BCUT2D eigenvalue weighted by Gasteiger charge is 2.32. The summed E-state index contributed by atoms with van der Waals surface area (Å²) in [5.41, 5.74) is 0.900. The summed E-state index contributed by atoms with van der Waals surface area (Å²) in [5.74, 6) is 1.55. The van der Waals surface area contributed by atoms with Crippen molar-refractivity contribution in [2.75, 3.05) is 33.9 Å². The lowest BCUT2D eigenvalue weighted by Gasteiger charge is -2.31. The van der Waals surface area contributed by atoms with Crippen molar-refractivity contribution >= 4 is 15.9 Å². The van der Waals surface area contributed by atoms with E-state index in [0.717, 1.165) is 5.56 Å². The van der Waals surface area contributed by atoms with Gasteiger partial charge in [0.1, 0.15) is 5.75 Å². The summed E-state index contributed by atoms with van der Waals surface area (Å²) in [5, 5.41) is 3.04. The van der Waals surface area contributed by atoms with E-state index in [0.29, 0.717) is 49.8 Å². The molecule has 0 spiro atoms. The Morgan fingerprint density at radius 2 is 1.70 bits per heavy atom. The Morgan fingerprint density at radius 1 is 1.06 bits per heavy atom. The number of hydrogen-bond donors (Lipinski definition) is 1. The average molecular weight is 477 g/mol. The summed E-state index contributed by atoms with van der Waals surface area (Å²) >= 11 is 0. The maximum atomic E-state index is 13.0. The molecule has 180 valence electrons. The topological polar surface area (TPSA) is 94.2 Å². The Labute approximate surface area is 195 Å². The second-order valence-electron chi connectivity index (χ2n) is 7.93. The van der Waals surface area contributed by atoms with Crippen molar-refractivity contribution in [1.82, 2.24) is 9.62 Å². The van der Waals surface area contributed by atoms with Crippen LogP contribution in [0.4, 0.5) is 0 Å². The lowest BCUT2D eigenvalue weighted by molar-refractivity contribution is -0.126. The average Bonchev–Trinajstić information content (AvgIpc) is 2.84. The zero-order valence-corrected chi connectivity index (χ0v) is 20.4. The van der Waals surface area contributed by atoms with E-state index in [1.54, 1.807) is 44.6 Å². The Hall–Kier alpha value is -2.78. The van der Waals surface area contributed by atoms with Gasteiger partial charge in [-0.2, -0.15) is 4.31 Å². The van der Waals surface area contributed by atoms with Crippen molar-refractivity contribution in [3.05, 3.63) is 48.0 Å². The molecular weight excluding hydrogens is 444 g/mol. The van der Waals surface area contributed by atoms with Crippen LogP contribution in [0.15, 0.2) is 47.4 Å². The van der Waals surface area contributed by atoms with Gasteiger partial charge >= 0.3 is 0 Å². The van der Waals surface area contributed by atoms with Gasteiger partial charge in [-0.25, -0.2) is 8.42 Å². The van der Waals surface area contributed by atoms with Crippen molar-refractivity contribution in [2.45, 2.75) is 37.6 Å². The molecule has 8 nitrogen and oxygen atoms in total. The van der Waals surface area contributed by atoms with Gasteiger partial charge in [0.25, 0.3) is 0 Å². The predicted molar refractivity (Wildman–Crippen MR) is 125 cm³/mol. The number of piperidine rings is 1. The number of carbonyl (C=O) groups is 1. The molecule has 1 aliphatic heterocycles. The molecule has 0 saturated carbocycles. The van der Waals surface area contributed by atoms with Gasteiger partial charge in [0.05, 0.1) is 31.8 Å². The molecule has 3 rings (SSSR count). The zero-order valence-electron chi connectivity index (χ0n) is 19.5. The first-order valence-corrected chi connectivity index (χ1v) is 12.5. The zero-order chi connectivity index (χ0) is 24.0. The van der Waals surface area contributed by atoms with Crippen LogP contribution in [0.5, 0.6) is 17.2 Å². The fraction of sp³-hybridized carbons (Fsp3) is 0.458. The van der Waals surface area contributed by atoms with Crippen LogP contribution >= 0.6 is 0 Å². The maximum Gasteiger partial charge on any atom is 0.243 e. The van der Waals surface area contributed by atoms with Gasteiger partial charge in [0.15, 0.2) is 11.5 Å². The first kappa shape index (κ1) is 24.9. The summed E-state index contributed by atoms with van der Waals surface area (Å²) in [6.45, 7) is 4.91. The molecule has 1 atom stereocenters. The van der Waals surface area contributed by atoms with Gasteiger partial charge in [0, 0.05) is 19.0 Å². The Balaban J connectivity index is 1.58. The second kappa shape index (κ2) is 10.9. The molecule has 0 aliphatic carbocycles. The van der Waals surface area contributed by atoms with Crippen LogP contribution in [0.3, 0.4) is 0 Å². The number of nitrogens with one attached hydrogen (secondary N) is 1. The number of rotatable bonds is 9. The molecule has 33 heavy (non-hydrogen) atoms. The van der Waals surface area contributed by atoms with Crippen LogP contribution in [0.25, 0.3) is 0 Å². The maximum absolute atomic E-state index is 13.0. The van der Waals surface area contributed by atoms with Crippen LogP contribution < -0.4 is 19.5 Å². The smallest absolute Gasteiger partial charge is 0.243 e. The first-order chi connectivity index (χ1) is 15.8. The van der Waals surface area contributed by atoms with Gasteiger partial charge in [-0.3, -0.25) is 4.79 Å². The fourth-order valence-corrected chi connectivity index (χ4v) is 5.39. The lowest BCUT2D eigenvalue weighted by atomic mass is 9.96. The van der Waals surface area contributed by atoms with Crippen molar-refractivity contribution in [2.24, 2.45) is 5.92 Å². The summed E-state index contributed by atoms with van der Waals surface area (Å²) in [6.07, 6.45) is 0.946. The lowest BCUT2D eigenvalue weighted by Crippen LogP contribution is -2.43. The number of carbonyl (C=O) groups excluding carboxylic acids is 1. The molecule has 1 amide bonds. The van der Waals surface area contributed by atoms with Crippen LogP contribution in [-0.4, -0.2) is 52.5 Å². The largest absolute Gasteiger partial charge is 0.494 e. The van der Waals surface area contributed by atoms with Crippen molar-refractivity contribution < 1.29 is 27.4 Å². The third-order valence-electron chi connectivity index (χ3n) is 5.86. The second-order valence-corrected chi connectivity index (χ2v) is 9.87. The van der Waals surface area contributed by atoms with Crippen LogP contribution in [-0.2, 0) is 14.8 Å². The number of methoxy groups -OCH3 is 2. The molecule has 2 aromatic rings. The Morgan fingerprint density at radius 3 is 2.27 bits per heavy atom. The van der Waals surface area contributed by atoms with Gasteiger partial charge < -0.3 is 19.5 Å². The first-order valence-electron chi connectivity index (χ1n) is 11.1. The molecule has 1 heterocycles. The van der Waals surface area contributed by atoms with E-state index in [4.69, 9.17) is 14.2 Å². The van der Waals surface area contributed by atoms with E-state index in [-0.39, 0.29) is 22.8 Å². The Bertz CT molecular complexity index is 1050. The predicted octanol–water partition coefficient (Wildman–Crippen LogP) is 3.38. The van der Waals surface area contributed by atoms with E-state index in [1.165, 1.54) is 4.31 Å². The SMILES string of the molecule is CCOc1ccc(S(=O)(=O)N2CCC(C(=O)NC(C)c3ccc(OC)c(OC)c3)CC2)cc1. The van der Waals surface area contributed by atoms with Gasteiger partial charge in [-0.1, -0.05) is 6.07 Å². The standard InChI is InChI=1S/C24H32N2O6S/c1-5-32-20-7-9-21(10-8-20)33(28,29)26-14-12-18(13-15-26)24(27)25-17(2)19-6-11-22(30-3)23(16-19)31-4/h6-11,16-18H,5,12-15H2,1-4H3,(H,25,27). The molecule has 1 N–H and O–H groups in total. The molecule has 0 bridgehead atoms. The number of amides is 1. The molecule has 2 aromatic carbocycles. The summed E-state index contributed by atoms with van der Waals surface area (Å²) in [4.78, 5) is 13.1. The highest BCUT2D eigenvalue weighted by Crippen LogP contribution is 2.30. The fourth-order valence-electron chi connectivity index (χ4n) is 3.92. The molecular formula is C24H32N2O6S. The minimum Gasteiger partial charge on any atom is -0.494 e. The van der Waals surface area contributed by atoms with E-state index in [1.807, 2.05) is 26.0 Å². The van der Waals surface area contributed by atoms with Crippen LogP contribution in [0.1, 0.15) is 38.3 Å². The monoisotopic (exact) mass is 476 g/mol. The molecule has 1 unspecified atom stereocenters. The van der Waals surface area contributed by atoms with E-state index in [9.17, 15) is 13.2 Å². The summed E-state index contributed by atoms with van der Waals surface area (Å²) < 4.78 is 43.4. The minimum atomic E-state index is -3.60. The van der Waals surface area contributed by atoms with E-state index in [2.05, 4.69) is 5.32 Å². The summed E-state index contributed by atoms with van der Waals surface area (Å²) in [6, 6.07) is 11.8. The highest BCUT2D eigenvalue weighted by atomic mass is 32.2. The van der Waals surface area contributed by atoms with Crippen LogP contribution in [0, 0.1) is 5.92 Å². The molecule has 0 radical (unpaired) electrons. The number of nitrogens with zero attached hydrogens (tertiary/aromatic N) is 1. The van der Waals surface area contributed by atoms with Crippen molar-refractivity contribution in [1.29, 1.82) is 0 Å². The molecule has 1 fully saturated rings. The number of hydrogen-bond acceptors (Lipinski definition) is 6. The van der Waals surface area contributed by atoms with Gasteiger partial charge in [-0.15, -0.1) is 0 Å². The van der Waals surface area contributed by atoms with Gasteiger partial charge in [-0.05, 0) is 68.7 Å². The molecule has 9 heteroatoms. The van der Waals surface area contributed by atoms with E-state index >= 15 is 0 Å². The van der Waals surface area contributed by atoms with Crippen molar-refractivity contribution in [3.8, 4) is 17.2 Å². The quantitative estimate of drug-likeness (QED) is 0.596. The van der Waals surface area contributed by atoms with Crippen LogP contribution in [0.2, 0.25) is 0 Å². The Kier molecular flexibility index (Phi) is 8.20. The number of sulfonamides is 1. The molecule has 1 saturated heterocycles. The van der Waals surface area contributed by atoms with Crippen molar-refractivity contribution in [3.63, 3.8) is 0 Å². The molecule has 1 aliphatic rings. The van der Waals surface area contributed by atoms with E-state index < -0.39 is 10.0 Å². The van der Waals surface area contributed by atoms with Gasteiger partial charge in [0.2, 0.25) is 15.9 Å². The third-order valence-corrected chi connectivity index (χ3v) is 7.78. The highest BCUT2D eigenvalue weighted by molar-refractivity contribution is 7.89.